The third-order valence-corrected chi connectivity index (χ3v) is 2.36. The summed E-state index contributed by atoms with van der Waals surface area (Å²) in [5.41, 5.74) is 2.64. The summed E-state index contributed by atoms with van der Waals surface area (Å²) in [6.45, 7) is 6.47. The Morgan fingerprint density at radius 1 is 1.23 bits per heavy atom. The fraction of sp³-hybridized carbons (Fsp3) is 0.333. The number of halogens is 1. The van der Waals surface area contributed by atoms with E-state index in [1.807, 2.05) is 12.1 Å². The van der Waals surface area contributed by atoms with Crippen molar-refractivity contribution in [2.24, 2.45) is 5.92 Å². The van der Waals surface area contributed by atoms with Crippen molar-refractivity contribution in [1.82, 2.24) is 0 Å². The van der Waals surface area contributed by atoms with Crippen molar-refractivity contribution >= 4 is 17.2 Å². The van der Waals surface area contributed by atoms with Crippen molar-refractivity contribution in [3.63, 3.8) is 0 Å². The van der Waals surface area contributed by atoms with Crippen LogP contribution in [0.2, 0.25) is 5.02 Å². The predicted molar refractivity (Wildman–Crippen MR) is 59.9 cm³/mol. The molecule has 1 aromatic rings. The first kappa shape index (κ1) is 10.3. The third-order valence-electron chi connectivity index (χ3n) is 2.11. The van der Waals surface area contributed by atoms with Crippen molar-refractivity contribution in [2.45, 2.75) is 20.8 Å². The molecule has 0 aliphatic rings. The normalized spacial score (nSPS) is 12.2. The van der Waals surface area contributed by atoms with Gasteiger partial charge in [0.25, 0.3) is 0 Å². The molecule has 70 valence electrons. The lowest BCUT2D eigenvalue weighted by molar-refractivity contribution is 0.854. The highest BCUT2D eigenvalue weighted by Gasteiger charge is 2.04. The van der Waals surface area contributed by atoms with E-state index in [-0.39, 0.29) is 0 Å². The summed E-state index contributed by atoms with van der Waals surface area (Å²) >= 11 is 5.82. The molecule has 0 amide bonds. The summed E-state index contributed by atoms with van der Waals surface area (Å²) in [6, 6.07) is 8.00. The Morgan fingerprint density at radius 2 is 1.77 bits per heavy atom. The summed E-state index contributed by atoms with van der Waals surface area (Å²) in [5.74, 6) is 0.561. The fourth-order valence-electron chi connectivity index (χ4n) is 1.48. The molecule has 1 heteroatoms. The topological polar surface area (TPSA) is 0 Å². The molecule has 0 atom stereocenters. The van der Waals surface area contributed by atoms with Crippen LogP contribution in [-0.4, -0.2) is 0 Å². The Balaban J connectivity index is 3.00. The number of allylic oxidation sites excluding steroid dienone is 2. The van der Waals surface area contributed by atoms with Crippen LogP contribution < -0.4 is 0 Å². The first-order valence-electron chi connectivity index (χ1n) is 4.57. The largest absolute Gasteiger partial charge is 0.0843 e. The Hall–Kier alpha value is -0.750. The lowest BCUT2D eigenvalue weighted by Gasteiger charge is -2.10. The monoisotopic (exact) mass is 194 g/mol. The average molecular weight is 195 g/mol. The van der Waals surface area contributed by atoms with E-state index in [9.17, 15) is 0 Å². The van der Waals surface area contributed by atoms with Crippen LogP contribution in [-0.2, 0) is 0 Å². The molecule has 0 saturated carbocycles. The molecule has 0 fully saturated rings. The van der Waals surface area contributed by atoms with Crippen molar-refractivity contribution in [2.75, 3.05) is 0 Å². The molecule has 1 rings (SSSR count). The lowest BCUT2D eigenvalue weighted by atomic mass is 9.95. The first-order chi connectivity index (χ1) is 6.15. The zero-order valence-electron chi connectivity index (χ0n) is 8.34. The number of hydrogen-bond donors (Lipinski definition) is 0. The highest BCUT2D eigenvalue weighted by Crippen LogP contribution is 2.23. The molecule has 0 spiro atoms. The van der Waals surface area contributed by atoms with Gasteiger partial charge in [0, 0.05) is 5.02 Å². The van der Waals surface area contributed by atoms with E-state index in [1.165, 1.54) is 11.1 Å². The molecule has 1 aromatic carbocycles. The Kier molecular flexibility index (Phi) is 3.56. The molecule has 0 N–H and O–H groups in total. The SMILES string of the molecule is CC=C(c1ccc(Cl)cc1)C(C)C. The van der Waals surface area contributed by atoms with E-state index in [2.05, 4.69) is 39.0 Å². The summed E-state index contributed by atoms with van der Waals surface area (Å²) in [5, 5.41) is 0.794. The van der Waals surface area contributed by atoms with Crippen molar-refractivity contribution < 1.29 is 0 Å². The van der Waals surface area contributed by atoms with Crippen LogP contribution in [0.1, 0.15) is 26.3 Å². The lowest BCUT2D eigenvalue weighted by Crippen LogP contribution is -1.92. The van der Waals surface area contributed by atoms with Gasteiger partial charge >= 0.3 is 0 Å². The molecular weight excluding hydrogens is 180 g/mol. The predicted octanol–water partition coefficient (Wildman–Crippen LogP) is 4.40. The van der Waals surface area contributed by atoms with Gasteiger partial charge in [0.1, 0.15) is 0 Å². The Bertz CT molecular complexity index is 293. The van der Waals surface area contributed by atoms with Gasteiger partial charge in [0.05, 0.1) is 0 Å². The van der Waals surface area contributed by atoms with Crippen LogP contribution in [0.3, 0.4) is 0 Å². The highest BCUT2D eigenvalue weighted by atomic mass is 35.5. The van der Waals surface area contributed by atoms with Gasteiger partial charge in [-0.3, -0.25) is 0 Å². The Morgan fingerprint density at radius 3 is 2.15 bits per heavy atom. The zero-order valence-corrected chi connectivity index (χ0v) is 9.10. The number of hydrogen-bond acceptors (Lipinski definition) is 0. The van der Waals surface area contributed by atoms with Gasteiger partial charge in [-0.2, -0.15) is 0 Å². The van der Waals surface area contributed by atoms with Gasteiger partial charge in [-0.15, -0.1) is 0 Å². The summed E-state index contributed by atoms with van der Waals surface area (Å²) in [7, 11) is 0. The zero-order chi connectivity index (χ0) is 9.84. The van der Waals surface area contributed by atoms with E-state index < -0.39 is 0 Å². The molecular formula is C12H15Cl. The standard InChI is InChI=1S/C12H15Cl/c1-4-12(9(2)3)10-5-7-11(13)8-6-10/h4-9H,1-3H3. The van der Waals surface area contributed by atoms with E-state index >= 15 is 0 Å². The smallest absolute Gasteiger partial charge is 0.0406 e. The van der Waals surface area contributed by atoms with E-state index in [1.54, 1.807) is 0 Å². The maximum Gasteiger partial charge on any atom is 0.0406 e. The first-order valence-corrected chi connectivity index (χ1v) is 4.95. The van der Waals surface area contributed by atoms with Crippen molar-refractivity contribution in [3.05, 3.63) is 40.9 Å². The van der Waals surface area contributed by atoms with Crippen LogP contribution in [0.15, 0.2) is 30.3 Å². The molecule has 0 nitrogen and oxygen atoms in total. The van der Waals surface area contributed by atoms with Gasteiger partial charge in [0.15, 0.2) is 0 Å². The molecule has 0 aliphatic carbocycles. The van der Waals surface area contributed by atoms with Crippen molar-refractivity contribution in [3.8, 4) is 0 Å². The fourth-order valence-corrected chi connectivity index (χ4v) is 1.60. The summed E-state index contributed by atoms with van der Waals surface area (Å²) in [6.07, 6.45) is 2.16. The quantitative estimate of drug-likeness (QED) is 0.655. The molecule has 0 unspecified atom stereocenters. The van der Waals surface area contributed by atoms with Crippen LogP contribution in [0, 0.1) is 5.92 Å². The van der Waals surface area contributed by atoms with E-state index in [4.69, 9.17) is 11.6 Å². The van der Waals surface area contributed by atoms with Gasteiger partial charge in [-0.25, -0.2) is 0 Å². The van der Waals surface area contributed by atoms with Crippen LogP contribution in [0.25, 0.3) is 5.57 Å². The number of benzene rings is 1. The van der Waals surface area contributed by atoms with Gasteiger partial charge < -0.3 is 0 Å². The van der Waals surface area contributed by atoms with Crippen molar-refractivity contribution in [1.29, 1.82) is 0 Å². The second kappa shape index (κ2) is 4.48. The molecule has 0 bridgehead atoms. The van der Waals surface area contributed by atoms with Gasteiger partial charge in [-0.1, -0.05) is 43.7 Å². The molecule has 0 aliphatic heterocycles. The highest BCUT2D eigenvalue weighted by molar-refractivity contribution is 6.30. The maximum absolute atomic E-state index is 5.82. The Labute approximate surface area is 85.2 Å². The van der Waals surface area contributed by atoms with Crippen LogP contribution >= 0.6 is 11.6 Å². The maximum atomic E-state index is 5.82. The van der Waals surface area contributed by atoms with Gasteiger partial charge in [-0.05, 0) is 36.1 Å². The minimum Gasteiger partial charge on any atom is -0.0843 e. The van der Waals surface area contributed by atoms with Crippen LogP contribution in [0.4, 0.5) is 0 Å². The van der Waals surface area contributed by atoms with Crippen LogP contribution in [0.5, 0.6) is 0 Å². The number of rotatable bonds is 2. The van der Waals surface area contributed by atoms with E-state index in [0.29, 0.717) is 5.92 Å². The minimum absolute atomic E-state index is 0.561. The van der Waals surface area contributed by atoms with Gasteiger partial charge in [0.2, 0.25) is 0 Å². The average Bonchev–Trinajstić information content (AvgIpc) is 2.09. The second-order valence-corrected chi connectivity index (χ2v) is 3.84. The molecule has 0 aromatic heterocycles. The summed E-state index contributed by atoms with van der Waals surface area (Å²) < 4.78 is 0. The van der Waals surface area contributed by atoms with E-state index in [0.717, 1.165) is 5.02 Å². The molecule has 13 heavy (non-hydrogen) atoms. The third kappa shape index (κ3) is 2.60. The molecule has 0 heterocycles. The minimum atomic E-state index is 0.561. The summed E-state index contributed by atoms with van der Waals surface area (Å²) in [4.78, 5) is 0. The second-order valence-electron chi connectivity index (χ2n) is 3.41. The molecule has 0 saturated heterocycles. The molecule has 0 radical (unpaired) electrons.